The summed E-state index contributed by atoms with van der Waals surface area (Å²) in [5.74, 6) is 0.622. The quantitative estimate of drug-likeness (QED) is 0.647. The fourth-order valence-electron chi connectivity index (χ4n) is 1.93. The Balaban J connectivity index is 2.44. The first-order valence-electron chi connectivity index (χ1n) is 6.57. The van der Waals surface area contributed by atoms with E-state index in [0.717, 1.165) is 13.0 Å². The van der Waals surface area contributed by atoms with Crippen LogP contribution in [0.4, 0.5) is 11.5 Å². The Morgan fingerprint density at radius 1 is 1.40 bits per heavy atom. The third-order valence-electron chi connectivity index (χ3n) is 2.79. The number of nitrogens with one attached hydrogen (secondary N) is 1. The molecule has 0 fully saturated rings. The molecule has 2 aromatic heterocycles. The molecule has 2 heterocycles. The van der Waals surface area contributed by atoms with Gasteiger partial charge < -0.3 is 5.32 Å². The Morgan fingerprint density at radius 3 is 2.85 bits per heavy atom. The molecule has 0 amide bonds. The molecule has 106 valence electrons. The van der Waals surface area contributed by atoms with Gasteiger partial charge in [0.1, 0.15) is 5.82 Å². The Bertz CT molecular complexity index is 609. The van der Waals surface area contributed by atoms with Crippen molar-refractivity contribution in [1.82, 2.24) is 14.8 Å². The van der Waals surface area contributed by atoms with Gasteiger partial charge in [-0.15, -0.1) is 0 Å². The molecule has 0 atom stereocenters. The van der Waals surface area contributed by atoms with E-state index in [0.29, 0.717) is 23.6 Å². The van der Waals surface area contributed by atoms with E-state index < -0.39 is 4.92 Å². The largest absolute Gasteiger partial charge is 0.370 e. The van der Waals surface area contributed by atoms with Crippen molar-refractivity contribution in [1.29, 1.82) is 0 Å². The second-order valence-corrected chi connectivity index (χ2v) is 4.34. The summed E-state index contributed by atoms with van der Waals surface area (Å²) in [7, 11) is 0. The zero-order chi connectivity index (χ0) is 14.5. The normalized spacial score (nSPS) is 10.5. The van der Waals surface area contributed by atoms with E-state index in [1.807, 2.05) is 13.8 Å². The average Bonchev–Trinajstić information content (AvgIpc) is 2.88. The molecule has 0 aliphatic heterocycles. The van der Waals surface area contributed by atoms with Crippen LogP contribution in [0, 0.1) is 10.1 Å². The number of aromatic nitrogens is 3. The van der Waals surface area contributed by atoms with E-state index in [1.165, 1.54) is 6.07 Å². The second-order valence-electron chi connectivity index (χ2n) is 4.34. The van der Waals surface area contributed by atoms with E-state index in [2.05, 4.69) is 15.4 Å². The van der Waals surface area contributed by atoms with Gasteiger partial charge in [0.25, 0.3) is 5.69 Å². The van der Waals surface area contributed by atoms with Crippen LogP contribution in [0.15, 0.2) is 24.5 Å². The lowest BCUT2D eigenvalue weighted by molar-refractivity contribution is -0.384. The number of nitro groups is 1. The minimum atomic E-state index is -0.421. The molecule has 1 N–H and O–H groups in total. The highest BCUT2D eigenvalue weighted by Gasteiger charge is 2.19. The minimum absolute atomic E-state index is 0.0114. The Morgan fingerprint density at radius 2 is 2.20 bits per heavy atom. The van der Waals surface area contributed by atoms with E-state index >= 15 is 0 Å². The van der Waals surface area contributed by atoms with Gasteiger partial charge in [-0.2, -0.15) is 5.10 Å². The number of pyridine rings is 1. The van der Waals surface area contributed by atoms with Crippen molar-refractivity contribution in [2.24, 2.45) is 0 Å². The molecular weight excluding hydrogens is 258 g/mol. The summed E-state index contributed by atoms with van der Waals surface area (Å²) < 4.78 is 1.76. The van der Waals surface area contributed by atoms with Crippen LogP contribution in [-0.2, 0) is 6.54 Å². The lowest BCUT2D eigenvalue weighted by Crippen LogP contribution is -2.02. The smallest absolute Gasteiger partial charge is 0.295 e. The third-order valence-corrected chi connectivity index (χ3v) is 2.79. The molecule has 0 aliphatic rings. The highest BCUT2D eigenvalue weighted by Crippen LogP contribution is 2.29. The molecule has 2 aromatic rings. The van der Waals surface area contributed by atoms with E-state index in [4.69, 9.17) is 0 Å². The molecule has 0 saturated heterocycles. The van der Waals surface area contributed by atoms with Gasteiger partial charge >= 0.3 is 0 Å². The number of rotatable bonds is 6. The SMILES string of the molecule is CCCn1cc(-c2nc(NCC)ccc2[N+](=O)[O-])cn1. The van der Waals surface area contributed by atoms with Crippen molar-refractivity contribution in [3.05, 3.63) is 34.6 Å². The first-order valence-corrected chi connectivity index (χ1v) is 6.57. The van der Waals surface area contributed by atoms with Gasteiger partial charge in [-0.25, -0.2) is 4.98 Å². The van der Waals surface area contributed by atoms with Crippen molar-refractivity contribution >= 4 is 11.5 Å². The predicted octanol–water partition coefficient (Wildman–Crippen LogP) is 2.70. The van der Waals surface area contributed by atoms with Crippen LogP contribution in [-0.4, -0.2) is 26.2 Å². The monoisotopic (exact) mass is 275 g/mol. The molecular formula is C13H17N5O2. The lowest BCUT2D eigenvalue weighted by atomic mass is 10.2. The Kier molecular flexibility index (Phi) is 4.29. The van der Waals surface area contributed by atoms with Crippen LogP contribution < -0.4 is 5.32 Å². The van der Waals surface area contributed by atoms with Crippen LogP contribution in [0.1, 0.15) is 20.3 Å². The first kappa shape index (κ1) is 14.0. The summed E-state index contributed by atoms with van der Waals surface area (Å²) in [6.45, 7) is 5.48. The van der Waals surface area contributed by atoms with Crippen molar-refractivity contribution in [3.8, 4) is 11.3 Å². The zero-order valence-corrected chi connectivity index (χ0v) is 11.5. The van der Waals surface area contributed by atoms with Gasteiger partial charge in [0.05, 0.1) is 11.1 Å². The number of nitrogens with zero attached hydrogens (tertiary/aromatic N) is 4. The predicted molar refractivity (Wildman–Crippen MR) is 76.6 cm³/mol. The minimum Gasteiger partial charge on any atom is -0.370 e. The summed E-state index contributed by atoms with van der Waals surface area (Å²) in [4.78, 5) is 15.0. The van der Waals surface area contributed by atoms with Gasteiger partial charge in [-0.1, -0.05) is 6.92 Å². The summed E-state index contributed by atoms with van der Waals surface area (Å²) >= 11 is 0. The van der Waals surface area contributed by atoms with Gasteiger partial charge in [0.2, 0.25) is 0 Å². The van der Waals surface area contributed by atoms with Gasteiger partial charge in [0.15, 0.2) is 5.69 Å². The molecule has 0 bridgehead atoms. The molecule has 0 radical (unpaired) electrons. The third kappa shape index (κ3) is 2.93. The van der Waals surface area contributed by atoms with E-state index in [-0.39, 0.29) is 5.69 Å². The lowest BCUT2D eigenvalue weighted by Gasteiger charge is -2.05. The fraction of sp³-hybridized carbons (Fsp3) is 0.385. The first-order chi connectivity index (χ1) is 9.65. The van der Waals surface area contributed by atoms with E-state index in [1.54, 1.807) is 23.1 Å². The molecule has 7 heteroatoms. The molecule has 7 nitrogen and oxygen atoms in total. The fourth-order valence-corrected chi connectivity index (χ4v) is 1.93. The molecule has 0 saturated carbocycles. The number of hydrogen-bond acceptors (Lipinski definition) is 5. The zero-order valence-electron chi connectivity index (χ0n) is 11.5. The van der Waals surface area contributed by atoms with Crippen LogP contribution in [0.2, 0.25) is 0 Å². The van der Waals surface area contributed by atoms with Crippen molar-refractivity contribution in [3.63, 3.8) is 0 Å². The summed E-state index contributed by atoms with van der Waals surface area (Å²) in [6, 6.07) is 3.08. The standard InChI is InChI=1S/C13H17N5O2/c1-3-7-17-9-10(8-15-17)13-11(18(19)20)5-6-12(16-13)14-4-2/h5-6,8-9H,3-4,7H2,1-2H3,(H,14,16). The molecule has 0 aromatic carbocycles. The van der Waals surface area contributed by atoms with Crippen LogP contribution >= 0.6 is 0 Å². The highest BCUT2D eigenvalue weighted by atomic mass is 16.6. The summed E-state index contributed by atoms with van der Waals surface area (Å²) in [6.07, 6.45) is 4.35. The van der Waals surface area contributed by atoms with Crippen molar-refractivity contribution in [2.45, 2.75) is 26.8 Å². The van der Waals surface area contributed by atoms with Crippen molar-refractivity contribution < 1.29 is 4.92 Å². The number of anilines is 1. The molecule has 0 unspecified atom stereocenters. The maximum atomic E-state index is 11.1. The number of hydrogen-bond donors (Lipinski definition) is 1. The van der Waals surface area contributed by atoms with Gasteiger partial charge in [-0.05, 0) is 19.4 Å². The maximum absolute atomic E-state index is 11.1. The molecule has 2 rings (SSSR count). The topological polar surface area (TPSA) is 85.9 Å². The molecule has 20 heavy (non-hydrogen) atoms. The molecule has 0 aliphatic carbocycles. The van der Waals surface area contributed by atoms with Crippen LogP contribution in [0.3, 0.4) is 0 Å². The molecule has 0 spiro atoms. The average molecular weight is 275 g/mol. The Labute approximate surface area is 116 Å². The van der Waals surface area contributed by atoms with Crippen molar-refractivity contribution in [2.75, 3.05) is 11.9 Å². The Hall–Kier alpha value is -2.44. The second kappa shape index (κ2) is 6.14. The summed E-state index contributed by atoms with van der Waals surface area (Å²) in [5.41, 5.74) is 0.989. The van der Waals surface area contributed by atoms with Crippen LogP contribution in [0.5, 0.6) is 0 Å². The number of aryl methyl sites for hydroxylation is 1. The van der Waals surface area contributed by atoms with Gasteiger partial charge in [-0.3, -0.25) is 14.8 Å². The maximum Gasteiger partial charge on any atom is 0.295 e. The summed E-state index contributed by atoms with van der Waals surface area (Å²) in [5, 5.41) is 18.4. The van der Waals surface area contributed by atoms with E-state index in [9.17, 15) is 10.1 Å². The van der Waals surface area contributed by atoms with Crippen LogP contribution in [0.25, 0.3) is 11.3 Å². The van der Waals surface area contributed by atoms with Gasteiger partial charge in [0, 0.05) is 30.9 Å². The highest BCUT2D eigenvalue weighted by molar-refractivity contribution is 5.70.